The molecular weight excluding hydrogens is 292 g/mol. The number of anilines is 1. The fourth-order valence-corrected chi connectivity index (χ4v) is 2.39. The molecule has 1 aromatic rings. The Kier molecular flexibility index (Phi) is 5.38. The fourth-order valence-electron chi connectivity index (χ4n) is 2.39. The molecule has 23 heavy (non-hydrogen) atoms. The molecule has 1 heterocycles. The van der Waals surface area contributed by atoms with Crippen LogP contribution in [0.1, 0.15) is 19.4 Å². The zero-order valence-corrected chi connectivity index (χ0v) is 14.1. The second-order valence-electron chi connectivity index (χ2n) is 6.74. The Morgan fingerprint density at radius 3 is 2.48 bits per heavy atom. The predicted molar refractivity (Wildman–Crippen MR) is 91.1 cm³/mol. The van der Waals surface area contributed by atoms with E-state index in [2.05, 4.69) is 17.3 Å². The molecular formula is C17H26N4O2. The zero-order valence-electron chi connectivity index (χ0n) is 14.1. The van der Waals surface area contributed by atoms with Crippen molar-refractivity contribution >= 4 is 17.5 Å². The van der Waals surface area contributed by atoms with Crippen LogP contribution in [0.3, 0.4) is 0 Å². The molecule has 1 aromatic carbocycles. The minimum absolute atomic E-state index is 0.126. The Bertz CT molecular complexity index is 572. The minimum atomic E-state index is -0.939. The lowest BCUT2D eigenvalue weighted by Gasteiger charge is -2.32. The third-order valence-corrected chi connectivity index (χ3v) is 3.98. The van der Waals surface area contributed by atoms with Crippen molar-refractivity contribution in [3.05, 3.63) is 29.8 Å². The Morgan fingerprint density at radius 2 is 1.87 bits per heavy atom. The molecule has 3 N–H and O–H groups in total. The van der Waals surface area contributed by atoms with Gasteiger partial charge in [-0.15, -0.1) is 0 Å². The highest BCUT2D eigenvalue weighted by Gasteiger charge is 2.22. The van der Waals surface area contributed by atoms with Crippen molar-refractivity contribution in [1.82, 2.24) is 9.80 Å². The standard InChI is InChI=1S/C17H26N4O2/c1-17(2,18)16(23)19-14-6-4-5-13(11-14)12-15(22)21-9-7-20(3)8-10-21/h4-6,11H,7-10,12,18H2,1-3H3,(H,19,23). The molecule has 6 heteroatoms. The molecule has 0 spiro atoms. The highest BCUT2D eigenvalue weighted by atomic mass is 16.2. The summed E-state index contributed by atoms with van der Waals surface area (Å²) < 4.78 is 0. The van der Waals surface area contributed by atoms with Crippen LogP contribution < -0.4 is 11.1 Å². The summed E-state index contributed by atoms with van der Waals surface area (Å²) in [7, 11) is 2.06. The van der Waals surface area contributed by atoms with Crippen molar-refractivity contribution < 1.29 is 9.59 Å². The van der Waals surface area contributed by atoms with E-state index in [-0.39, 0.29) is 11.8 Å². The summed E-state index contributed by atoms with van der Waals surface area (Å²) in [6, 6.07) is 7.37. The second kappa shape index (κ2) is 7.10. The van der Waals surface area contributed by atoms with Crippen LogP contribution >= 0.6 is 0 Å². The molecule has 0 aliphatic carbocycles. The van der Waals surface area contributed by atoms with E-state index in [1.165, 1.54) is 0 Å². The van der Waals surface area contributed by atoms with Crippen LogP contribution in [-0.2, 0) is 16.0 Å². The molecule has 0 bridgehead atoms. The highest BCUT2D eigenvalue weighted by Crippen LogP contribution is 2.14. The number of carbonyl (C=O) groups is 2. The summed E-state index contributed by atoms with van der Waals surface area (Å²) in [5, 5.41) is 2.79. The first-order valence-corrected chi connectivity index (χ1v) is 7.91. The number of nitrogens with two attached hydrogens (primary N) is 1. The van der Waals surface area contributed by atoms with E-state index >= 15 is 0 Å². The van der Waals surface area contributed by atoms with Crippen LogP contribution in [0.4, 0.5) is 5.69 Å². The van der Waals surface area contributed by atoms with E-state index in [9.17, 15) is 9.59 Å². The normalized spacial score (nSPS) is 16.3. The Balaban J connectivity index is 1.97. The summed E-state index contributed by atoms with van der Waals surface area (Å²) >= 11 is 0. The zero-order chi connectivity index (χ0) is 17.0. The Labute approximate surface area is 137 Å². The first-order chi connectivity index (χ1) is 10.8. The number of nitrogens with zero attached hydrogens (tertiary/aromatic N) is 2. The molecule has 1 fully saturated rings. The van der Waals surface area contributed by atoms with E-state index < -0.39 is 5.54 Å². The van der Waals surface area contributed by atoms with Crippen LogP contribution in [0.5, 0.6) is 0 Å². The highest BCUT2D eigenvalue weighted by molar-refractivity contribution is 5.97. The number of hydrogen-bond donors (Lipinski definition) is 2. The van der Waals surface area contributed by atoms with Gasteiger partial charge in [0.2, 0.25) is 11.8 Å². The lowest BCUT2D eigenvalue weighted by atomic mass is 10.1. The lowest BCUT2D eigenvalue weighted by Crippen LogP contribution is -2.47. The molecule has 2 rings (SSSR count). The second-order valence-corrected chi connectivity index (χ2v) is 6.74. The molecule has 6 nitrogen and oxygen atoms in total. The Hall–Kier alpha value is -1.92. The fraction of sp³-hybridized carbons (Fsp3) is 0.529. The summed E-state index contributed by atoms with van der Waals surface area (Å²) in [6.45, 7) is 6.67. The number of carbonyl (C=O) groups excluding carboxylic acids is 2. The SMILES string of the molecule is CN1CCN(C(=O)Cc2cccc(NC(=O)C(C)(C)N)c2)CC1. The van der Waals surface area contributed by atoms with Crippen molar-refractivity contribution in [3.63, 3.8) is 0 Å². The molecule has 0 unspecified atom stereocenters. The first-order valence-electron chi connectivity index (χ1n) is 7.91. The van der Waals surface area contributed by atoms with Crippen LogP contribution in [0.2, 0.25) is 0 Å². The number of likely N-dealkylation sites (N-methyl/N-ethyl adjacent to an activating group) is 1. The van der Waals surface area contributed by atoms with Gasteiger partial charge in [0, 0.05) is 31.9 Å². The van der Waals surface area contributed by atoms with Crippen molar-refractivity contribution in [2.75, 3.05) is 38.5 Å². The molecule has 1 aliphatic rings. The average molecular weight is 318 g/mol. The van der Waals surface area contributed by atoms with Crippen LogP contribution in [0.15, 0.2) is 24.3 Å². The number of hydrogen-bond acceptors (Lipinski definition) is 4. The van der Waals surface area contributed by atoms with E-state index in [1.807, 2.05) is 23.1 Å². The number of amides is 2. The van der Waals surface area contributed by atoms with Crippen LogP contribution in [0, 0.1) is 0 Å². The Morgan fingerprint density at radius 1 is 1.22 bits per heavy atom. The van der Waals surface area contributed by atoms with Gasteiger partial charge in [-0.25, -0.2) is 0 Å². The predicted octanol–water partition coefficient (Wildman–Crippen LogP) is 0.679. The van der Waals surface area contributed by atoms with Gasteiger partial charge in [0.05, 0.1) is 12.0 Å². The van der Waals surface area contributed by atoms with E-state index in [1.54, 1.807) is 19.9 Å². The van der Waals surface area contributed by atoms with Crippen molar-refractivity contribution in [2.45, 2.75) is 25.8 Å². The quantitative estimate of drug-likeness (QED) is 0.856. The maximum Gasteiger partial charge on any atom is 0.243 e. The third-order valence-electron chi connectivity index (χ3n) is 3.98. The van der Waals surface area contributed by atoms with Gasteiger partial charge < -0.3 is 20.9 Å². The molecule has 1 saturated heterocycles. The topological polar surface area (TPSA) is 78.7 Å². The number of rotatable bonds is 4. The summed E-state index contributed by atoms with van der Waals surface area (Å²) in [6.07, 6.45) is 0.347. The minimum Gasteiger partial charge on any atom is -0.340 e. The molecule has 0 saturated carbocycles. The van der Waals surface area contributed by atoms with E-state index in [4.69, 9.17) is 5.73 Å². The van der Waals surface area contributed by atoms with E-state index in [0.717, 1.165) is 31.7 Å². The van der Waals surface area contributed by atoms with Gasteiger partial charge in [-0.1, -0.05) is 12.1 Å². The van der Waals surface area contributed by atoms with Gasteiger partial charge in [0.15, 0.2) is 0 Å². The average Bonchev–Trinajstić information content (AvgIpc) is 2.47. The van der Waals surface area contributed by atoms with Gasteiger partial charge in [-0.2, -0.15) is 0 Å². The van der Waals surface area contributed by atoms with Crippen molar-refractivity contribution in [3.8, 4) is 0 Å². The summed E-state index contributed by atoms with van der Waals surface area (Å²) in [5.74, 6) is -0.124. The van der Waals surface area contributed by atoms with Gasteiger partial charge in [0.1, 0.15) is 0 Å². The number of piperazine rings is 1. The molecule has 0 aromatic heterocycles. The smallest absolute Gasteiger partial charge is 0.243 e. The van der Waals surface area contributed by atoms with E-state index in [0.29, 0.717) is 12.1 Å². The maximum absolute atomic E-state index is 12.4. The van der Waals surface area contributed by atoms with Gasteiger partial charge in [-0.3, -0.25) is 9.59 Å². The van der Waals surface area contributed by atoms with Crippen LogP contribution in [-0.4, -0.2) is 60.4 Å². The maximum atomic E-state index is 12.4. The van der Waals surface area contributed by atoms with Crippen molar-refractivity contribution in [1.29, 1.82) is 0 Å². The number of benzene rings is 1. The molecule has 0 atom stereocenters. The third kappa shape index (κ3) is 5.04. The first kappa shape index (κ1) is 17.4. The van der Waals surface area contributed by atoms with Crippen molar-refractivity contribution in [2.24, 2.45) is 5.73 Å². The number of nitrogens with one attached hydrogen (secondary N) is 1. The van der Waals surface area contributed by atoms with Crippen LogP contribution in [0.25, 0.3) is 0 Å². The van der Waals surface area contributed by atoms with Gasteiger partial charge >= 0.3 is 0 Å². The van der Waals surface area contributed by atoms with Gasteiger partial charge in [-0.05, 0) is 38.6 Å². The van der Waals surface area contributed by atoms with Gasteiger partial charge in [0.25, 0.3) is 0 Å². The molecule has 2 amide bonds. The largest absolute Gasteiger partial charge is 0.340 e. The molecule has 0 radical (unpaired) electrons. The molecule has 1 aliphatic heterocycles. The summed E-state index contributed by atoms with van der Waals surface area (Å²) in [5.41, 5.74) is 6.39. The molecule has 126 valence electrons. The lowest BCUT2D eigenvalue weighted by molar-refractivity contribution is -0.132. The summed E-state index contributed by atoms with van der Waals surface area (Å²) in [4.78, 5) is 28.4. The monoisotopic (exact) mass is 318 g/mol.